The fourth-order valence-electron chi connectivity index (χ4n) is 5.18. The van der Waals surface area contributed by atoms with Crippen molar-refractivity contribution in [1.82, 2.24) is 0 Å². The van der Waals surface area contributed by atoms with Crippen molar-refractivity contribution in [2.24, 2.45) is 0 Å². The molecule has 0 nitrogen and oxygen atoms in total. The number of rotatable bonds is 3. The van der Waals surface area contributed by atoms with E-state index in [0.717, 1.165) is 0 Å². The Morgan fingerprint density at radius 2 is 0.688 bits per heavy atom. The molecule has 0 amide bonds. The fourth-order valence-corrected chi connectivity index (χ4v) is 17.8. The molecular weight excluding hydrogens is 250 g/mol. The molecule has 0 spiro atoms. The zero-order valence-electron chi connectivity index (χ0n) is 10.8. The van der Waals surface area contributed by atoms with Crippen LogP contribution in [0, 0.1) is 0 Å². The first-order valence-corrected chi connectivity index (χ1v) is 12.1. The number of hydrogen-bond acceptors (Lipinski definition) is 0. The third-order valence-corrected chi connectivity index (χ3v) is 16.9. The van der Waals surface area contributed by atoms with Crippen molar-refractivity contribution in [3.05, 3.63) is 0 Å². The molecule has 0 unspecified atom stereocenters. The van der Waals surface area contributed by atoms with Crippen LogP contribution < -0.4 is 0 Å². The summed E-state index contributed by atoms with van der Waals surface area (Å²) in [5.41, 5.74) is 0. The van der Waals surface area contributed by atoms with Crippen LogP contribution in [0.3, 0.4) is 0 Å². The Morgan fingerprint density at radius 3 is 0.938 bits per heavy atom. The Hall–Kier alpha value is 0.636. The van der Waals surface area contributed by atoms with Crippen LogP contribution in [0.5, 0.6) is 0 Å². The van der Waals surface area contributed by atoms with Crippen LogP contribution in [-0.2, 0) is 0 Å². The zero-order valence-corrected chi connectivity index (χ0v) is 13.2. The van der Waals surface area contributed by atoms with Crippen molar-refractivity contribution in [1.29, 1.82) is 0 Å². The summed E-state index contributed by atoms with van der Waals surface area (Å²) in [7, 11) is 0. The van der Waals surface area contributed by atoms with Gasteiger partial charge in [-0.2, -0.15) is 0 Å². The van der Waals surface area contributed by atoms with Crippen molar-refractivity contribution < 1.29 is 0 Å². The topological polar surface area (TPSA) is 0 Å². The van der Waals surface area contributed by atoms with Gasteiger partial charge < -0.3 is 0 Å². The molecule has 0 heterocycles. The van der Waals surface area contributed by atoms with Gasteiger partial charge in [0.05, 0.1) is 0 Å². The summed E-state index contributed by atoms with van der Waals surface area (Å²) in [4.78, 5) is 0. The molecule has 0 radical (unpaired) electrons. The molecule has 0 N–H and O–H groups in total. The first kappa shape index (κ1) is 11.7. The first-order chi connectivity index (χ1) is 7.95. The molecule has 3 rings (SSSR count). The second kappa shape index (κ2) is 5.52. The predicted molar refractivity (Wildman–Crippen MR) is 72.4 cm³/mol. The van der Waals surface area contributed by atoms with Crippen molar-refractivity contribution in [2.75, 3.05) is 0 Å². The third-order valence-electron chi connectivity index (χ3n) is 5.83. The quantitative estimate of drug-likeness (QED) is 0.613. The normalized spacial score (nSPS) is 29.2. The van der Waals surface area contributed by atoms with Crippen LogP contribution >= 0.6 is 0 Å². The van der Waals surface area contributed by atoms with Gasteiger partial charge in [-0.25, -0.2) is 0 Å². The molecule has 3 aliphatic carbocycles. The van der Waals surface area contributed by atoms with E-state index in [2.05, 4.69) is 0 Å². The molecule has 3 fully saturated rings. The minimum absolute atomic E-state index is 0.934. The van der Waals surface area contributed by atoms with Gasteiger partial charge in [-0.1, -0.05) is 0 Å². The van der Waals surface area contributed by atoms with Gasteiger partial charge in [-0.3, -0.25) is 0 Å². The van der Waals surface area contributed by atoms with Crippen molar-refractivity contribution >= 4 is 16.2 Å². The summed E-state index contributed by atoms with van der Waals surface area (Å²) in [5.74, 6) is 0. The summed E-state index contributed by atoms with van der Waals surface area (Å²) in [6.07, 6.45) is 19.5. The molecule has 1 heteroatoms. The molecule has 16 heavy (non-hydrogen) atoms. The summed E-state index contributed by atoms with van der Waals surface area (Å²) in [6.45, 7) is 0. The van der Waals surface area contributed by atoms with Gasteiger partial charge in [-0.15, -0.1) is 0 Å². The molecule has 3 saturated carbocycles. The van der Waals surface area contributed by atoms with Gasteiger partial charge in [0.15, 0.2) is 0 Å². The van der Waals surface area contributed by atoms with E-state index in [1.165, 1.54) is 13.4 Å². The fraction of sp³-hybridized carbons (Fsp3) is 1.00. The van der Waals surface area contributed by atoms with Gasteiger partial charge in [0.1, 0.15) is 0 Å². The molecule has 0 saturated heterocycles. The molecular formula is C15H27Ga. The second-order valence-electron chi connectivity index (χ2n) is 6.71. The first-order valence-electron chi connectivity index (χ1n) is 7.95. The van der Waals surface area contributed by atoms with E-state index >= 15 is 0 Å². The second-order valence-corrected chi connectivity index (χ2v) is 15.1. The van der Waals surface area contributed by atoms with E-state index in [4.69, 9.17) is 0 Å². The molecule has 90 valence electrons. The Morgan fingerprint density at radius 1 is 0.438 bits per heavy atom. The summed E-state index contributed by atoms with van der Waals surface area (Å²) >= 11 is -0.934. The molecule has 3 aliphatic rings. The number of hydrogen-bond donors (Lipinski definition) is 0. The average Bonchev–Trinajstić information content (AvgIpc) is 3.02. The van der Waals surface area contributed by atoms with E-state index in [9.17, 15) is 0 Å². The van der Waals surface area contributed by atoms with Gasteiger partial charge >= 0.3 is 107 Å². The van der Waals surface area contributed by atoms with Crippen LogP contribution in [-0.4, -0.2) is 16.2 Å². The summed E-state index contributed by atoms with van der Waals surface area (Å²) in [5, 5.41) is 0. The SMILES string of the molecule is C1CC[CH]([Ga]([CH]2CCCC2)[CH]2CCCC2)C1. The molecule has 0 aromatic rings. The molecule has 0 atom stereocenters. The summed E-state index contributed by atoms with van der Waals surface area (Å²) in [6, 6.07) is 0. The van der Waals surface area contributed by atoms with E-state index in [0.29, 0.717) is 0 Å². The molecule has 0 aromatic carbocycles. The van der Waals surface area contributed by atoms with Gasteiger partial charge in [-0.05, 0) is 0 Å². The average molecular weight is 277 g/mol. The van der Waals surface area contributed by atoms with Gasteiger partial charge in [0, 0.05) is 0 Å². The van der Waals surface area contributed by atoms with Crippen LogP contribution in [0.2, 0.25) is 13.4 Å². The zero-order chi connectivity index (χ0) is 10.8. The monoisotopic (exact) mass is 276 g/mol. The third kappa shape index (κ3) is 2.41. The van der Waals surface area contributed by atoms with Crippen LogP contribution in [0.25, 0.3) is 0 Å². The van der Waals surface area contributed by atoms with Crippen molar-refractivity contribution in [3.8, 4) is 0 Å². The Kier molecular flexibility index (Phi) is 4.04. The summed E-state index contributed by atoms with van der Waals surface area (Å²) < 4.78 is 4.00. The van der Waals surface area contributed by atoms with Crippen molar-refractivity contribution in [3.63, 3.8) is 0 Å². The standard InChI is InChI=1S/3C5H9.Ga/c3*1-2-4-5-3-1;/h3*1H,2-5H2;. The maximum atomic E-state index is 1.66. The molecule has 0 bridgehead atoms. The minimum atomic E-state index is -0.934. The van der Waals surface area contributed by atoms with Crippen molar-refractivity contribution in [2.45, 2.75) is 90.5 Å². The maximum absolute atomic E-state index is 1.66. The van der Waals surface area contributed by atoms with E-state index in [-0.39, 0.29) is 0 Å². The molecule has 0 aliphatic heterocycles. The Bertz CT molecular complexity index is 169. The van der Waals surface area contributed by atoms with E-state index < -0.39 is 16.2 Å². The predicted octanol–water partition coefficient (Wildman–Crippen LogP) is 5.31. The van der Waals surface area contributed by atoms with E-state index in [1.54, 1.807) is 77.0 Å². The van der Waals surface area contributed by atoms with Crippen LogP contribution in [0.4, 0.5) is 0 Å². The van der Waals surface area contributed by atoms with Gasteiger partial charge in [0.25, 0.3) is 0 Å². The van der Waals surface area contributed by atoms with Crippen LogP contribution in [0.15, 0.2) is 0 Å². The van der Waals surface area contributed by atoms with Crippen LogP contribution in [0.1, 0.15) is 77.0 Å². The molecule has 0 aromatic heterocycles. The van der Waals surface area contributed by atoms with E-state index in [1.807, 2.05) is 0 Å². The van der Waals surface area contributed by atoms with Gasteiger partial charge in [0.2, 0.25) is 0 Å². The Balaban J connectivity index is 1.70. The Labute approximate surface area is 107 Å².